The van der Waals surface area contributed by atoms with Crippen molar-refractivity contribution >= 4 is 33.2 Å². The first-order valence-electron chi connectivity index (χ1n) is 6.49. The van der Waals surface area contributed by atoms with E-state index in [9.17, 15) is 13.2 Å². The second-order valence-corrected chi connectivity index (χ2v) is 7.66. The first-order valence-corrected chi connectivity index (χ1v) is 8.93. The first-order chi connectivity index (χ1) is 10.2. The van der Waals surface area contributed by atoms with Crippen LogP contribution in [0.15, 0.2) is 30.5 Å². The van der Waals surface area contributed by atoms with Gasteiger partial charge in [-0.3, -0.25) is 4.79 Å². The molecule has 1 N–H and O–H groups in total. The average Bonchev–Trinajstić information content (AvgIpc) is 2.69. The van der Waals surface area contributed by atoms with E-state index in [-0.39, 0.29) is 0 Å². The van der Waals surface area contributed by atoms with Crippen LogP contribution in [0, 0.1) is 6.92 Å². The van der Waals surface area contributed by atoms with Gasteiger partial charge in [-0.05, 0) is 24.6 Å². The van der Waals surface area contributed by atoms with Gasteiger partial charge in [0.15, 0.2) is 9.84 Å². The molecular formula is C14H16ClN3O3S. The highest BCUT2D eigenvalue weighted by molar-refractivity contribution is 7.91. The molecule has 1 aromatic heterocycles. The Bertz CT molecular complexity index is 799. The summed E-state index contributed by atoms with van der Waals surface area (Å²) in [4.78, 5) is 11.8. The van der Waals surface area contributed by atoms with Crippen LogP contribution in [0.5, 0.6) is 0 Å². The Morgan fingerprint density at radius 2 is 2.14 bits per heavy atom. The molecule has 0 unspecified atom stereocenters. The fourth-order valence-electron chi connectivity index (χ4n) is 1.98. The molecule has 0 aliphatic rings. The number of nitrogens with one attached hydrogen (secondary N) is 1. The Balaban J connectivity index is 2.19. The monoisotopic (exact) mass is 341 g/mol. The molecule has 0 aliphatic heterocycles. The van der Waals surface area contributed by atoms with Crippen molar-refractivity contribution in [2.24, 2.45) is 0 Å². The van der Waals surface area contributed by atoms with Gasteiger partial charge in [0.05, 0.1) is 12.7 Å². The van der Waals surface area contributed by atoms with Crippen molar-refractivity contribution in [2.75, 3.05) is 17.3 Å². The van der Waals surface area contributed by atoms with Gasteiger partial charge in [0, 0.05) is 16.8 Å². The third kappa shape index (κ3) is 4.57. The number of aryl methyl sites for hydroxylation is 1. The SMILES string of the molecule is Cc1cnn(Cc2cccc(Cl)c2)c1NC(=O)CS(C)(=O)=O. The van der Waals surface area contributed by atoms with E-state index in [1.807, 2.05) is 12.1 Å². The second kappa shape index (κ2) is 6.50. The lowest BCUT2D eigenvalue weighted by Gasteiger charge is -2.10. The number of sulfone groups is 1. The molecular weight excluding hydrogens is 326 g/mol. The van der Waals surface area contributed by atoms with Crippen molar-refractivity contribution in [1.82, 2.24) is 9.78 Å². The first kappa shape index (κ1) is 16.5. The number of hydrogen-bond acceptors (Lipinski definition) is 4. The minimum atomic E-state index is -3.38. The Morgan fingerprint density at radius 3 is 2.77 bits per heavy atom. The van der Waals surface area contributed by atoms with Gasteiger partial charge in [-0.25, -0.2) is 13.1 Å². The number of aromatic nitrogens is 2. The summed E-state index contributed by atoms with van der Waals surface area (Å²) in [5.74, 6) is -0.665. The van der Waals surface area contributed by atoms with Crippen LogP contribution in [0.2, 0.25) is 5.02 Å². The average molecular weight is 342 g/mol. The summed E-state index contributed by atoms with van der Waals surface area (Å²) in [6.45, 7) is 2.21. The molecule has 1 aromatic carbocycles. The van der Waals surface area contributed by atoms with Gasteiger partial charge in [-0.2, -0.15) is 5.10 Å². The quantitative estimate of drug-likeness (QED) is 0.900. The van der Waals surface area contributed by atoms with Crippen LogP contribution in [0.3, 0.4) is 0 Å². The van der Waals surface area contributed by atoms with Crippen LogP contribution in [-0.2, 0) is 21.2 Å². The Kier molecular flexibility index (Phi) is 4.87. The van der Waals surface area contributed by atoms with E-state index in [1.54, 1.807) is 29.9 Å². The van der Waals surface area contributed by atoms with Crippen molar-refractivity contribution in [3.05, 3.63) is 46.6 Å². The van der Waals surface area contributed by atoms with E-state index in [1.165, 1.54) is 0 Å². The summed E-state index contributed by atoms with van der Waals surface area (Å²) in [6.07, 6.45) is 2.63. The van der Waals surface area contributed by atoms with Gasteiger partial charge in [-0.15, -0.1) is 0 Å². The largest absolute Gasteiger partial charge is 0.310 e. The summed E-state index contributed by atoms with van der Waals surface area (Å²) in [5, 5.41) is 7.41. The number of halogens is 1. The summed E-state index contributed by atoms with van der Waals surface area (Å²) in [7, 11) is -3.38. The molecule has 8 heteroatoms. The zero-order valence-corrected chi connectivity index (χ0v) is 13.8. The van der Waals surface area contributed by atoms with Crippen molar-refractivity contribution in [3.8, 4) is 0 Å². The molecule has 1 heterocycles. The summed E-state index contributed by atoms with van der Waals surface area (Å²) in [5.41, 5.74) is 1.68. The zero-order chi connectivity index (χ0) is 16.3. The van der Waals surface area contributed by atoms with Gasteiger partial charge in [0.1, 0.15) is 11.6 Å². The maximum atomic E-state index is 11.8. The maximum absolute atomic E-state index is 11.8. The topological polar surface area (TPSA) is 81.1 Å². The Hall–Kier alpha value is -1.86. The molecule has 1 amide bonds. The minimum absolute atomic E-state index is 0.420. The fraction of sp³-hybridized carbons (Fsp3) is 0.286. The molecule has 0 saturated carbocycles. The lowest BCUT2D eigenvalue weighted by molar-refractivity contribution is -0.113. The van der Waals surface area contributed by atoms with Gasteiger partial charge >= 0.3 is 0 Å². The number of nitrogens with zero attached hydrogens (tertiary/aromatic N) is 2. The van der Waals surface area contributed by atoms with Crippen LogP contribution in [-0.4, -0.2) is 36.1 Å². The van der Waals surface area contributed by atoms with E-state index in [0.29, 0.717) is 17.4 Å². The van der Waals surface area contributed by atoms with Crippen LogP contribution < -0.4 is 5.32 Å². The lowest BCUT2D eigenvalue weighted by atomic mass is 10.2. The fourth-order valence-corrected chi connectivity index (χ4v) is 2.74. The molecule has 2 aromatic rings. The molecule has 2 rings (SSSR count). The van der Waals surface area contributed by atoms with E-state index < -0.39 is 21.5 Å². The summed E-state index contributed by atoms with van der Waals surface area (Å²) < 4.78 is 23.9. The molecule has 118 valence electrons. The molecule has 6 nitrogen and oxygen atoms in total. The number of amides is 1. The molecule has 22 heavy (non-hydrogen) atoms. The number of carbonyl (C=O) groups excluding carboxylic acids is 1. The zero-order valence-electron chi connectivity index (χ0n) is 12.2. The van der Waals surface area contributed by atoms with Crippen molar-refractivity contribution in [2.45, 2.75) is 13.5 Å². The van der Waals surface area contributed by atoms with E-state index >= 15 is 0 Å². The van der Waals surface area contributed by atoms with E-state index in [4.69, 9.17) is 11.6 Å². The van der Waals surface area contributed by atoms with Gasteiger partial charge in [0.2, 0.25) is 5.91 Å². The van der Waals surface area contributed by atoms with Crippen LogP contribution in [0.25, 0.3) is 0 Å². The van der Waals surface area contributed by atoms with E-state index in [0.717, 1.165) is 17.4 Å². The van der Waals surface area contributed by atoms with Gasteiger partial charge in [-0.1, -0.05) is 23.7 Å². The molecule has 0 bridgehead atoms. The Morgan fingerprint density at radius 1 is 1.41 bits per heavy atom. The Labute approximate surface area is 134 Å². The normalized spacial score (nSPS) is 11.4. The number of carbonyl (C=O) groups is 1. The van der Waals surface area contributed by atoms with Crippen molar-refractivity contribution < 1.29 is 13.2 Å². The number of anilines is 1. The number of rotatable bonds is 5. The molecule has 0 aliphatic carbocycles. The van der Waals surface area contributed by atoms with Crippen LogP contribution in [0.1, 0.15) is 11.1 Å². The summed E-state index contributed by atoms with van der Waals surface area (Å²) >= 11 is 5.95. The number of benzene rings is 1. The van der Waals surface area contributed by atoms with Gasteiger partial charge < -0.3 is 5.32 Å². The molecule has 0 fully saturated rings. The smallest absolute Gasteiger partial charge is 0.240 e. The van der Waals surface area contributed by atoms with Crippen molar-refractivity contribution in [3.63, 3.8) is 0 Å². The predicted octanol–water partition coefficient (Wildman–Crippen LogP) is 1.88. The molecule has 0 saturated heterocycles. The van der Waals surface area contributed by atoms with Crippen molar-refractivity contribution in [1.29, 1.82) is 0 Å². The molecule has 0 spiro atoms. The number of hydrogen-bond donors (Lipinski definition) is 1. The summed E-state index contributed by atoms with van der Waals surface area (Å²) in [6, 6.07) is 7.30. The van der Waals surface area contributed by atoms with E-state index in [2.05, 4.69) is 10.4 Å². The highest BCUT2D eigenvalue weighted by Crippen LogP contribution is 2.17. The van der Waals surface area contributed by atoms with Crippen LogP contribution >= 0.6 is 11.6 Å². The molecule has 0 atom stereocenters. The lowest BCUT2D eigenvalue weighted by Crippen LogP contribution is -2.24. The van der Waals surface area contributed by atoms with Gasteiger partial charge in [0.25, 0.3) is 0 Å². The second-order valence-electron chi connectivity index (χ2n) is 5.08. The standard InChI is InChI=1S/C14H16ClN3O3S/c1-10-7-16-18(8-11-4-3-5-12(15)6-11)14(10)17-13(19)9-22(2,20)21/h3-7H,8-9H2,1-2H3,(H,17,19). The van der Waals surface area contributed by atoms with Crippen LogP contribution in [0.4, 0.5) is 5.82 Å². The third-order valence-corrected chi connectivity index (χ3v) is 3.92. The predicted molar refractivity (Wildman–Crippen MR) is 85.9 cm³/mol. The maximum Gasteiger partial charge on any atom is 0.240 e. The molecule has 0 radical (unpaired) electrons. The highest BCUT2D eigenvalue weighted by atomic mass is 35.5. The highest BCUT2D eigenvalue weighted by Gasteiger charge is 2.15. The third-order valence-electron chi connectivity index (χ3n) is 2.89. The minimum Gasteiger partial charge on any atom is -0.310 e.